The number of aliphatic hydroxyl groups is 1. The maximum Gasteiger partial charge on any atom is 0.339 e. The largest absolute Gasteiger partial charge is 0.462 e. The first-order chi connectivity index (χ1) is 16.3. The number of nitrogens with zero attached hydrogens (tertiary/aromatic N) is 2. The zero-order valence-corrected chi connectivity index (χ0v) is 19.5. The average molecular weight is 483 g/mol. The van der Waals surface area contributed by atoms with Crippen molar-refractivity contribution in [1.29, 1.82) is 5.26 Å². The summed E-state index contributed by atoms with van der Waals surface area (Å²) in [7, 11) is 0. The second-order valence-electron chi connectivity index (χ2n) is 7.54. The molecule has 2 amide bonds. The summed E-state index contributed by atoms with van der Waals surface area (Å²) in [6.45, 7) is 3.16. The zero-order valence-electron chi connectivity index (χ0n) is 18.8. The summed E-state index contributed by atoms with van der Waals surface area (Å²) >= 11 is 6.18. The molecule has 0 spiro atoms. The number of carbonyl (C=O) groups excluding carboxylic acids is 3. The van der Waals surface area contributed by atoms with Gasteiger partial charge in [-0.3, -0.25) is 14.5 Å². The van der Waals surface area contributed by atoms with Crippen LogP contribution in [0.1, 0.15) is 42.8 Å². The molecule has 3 rings (SSSR count). The van der Waals surface area contributed by atoms with E-state index in [1.54, 1.807) is 30.3 Å². The number of hydrogen-bond acceptors (Lipinski definition) is 7. The summed E-state index contributed by atoms with van der Waals surface area (Å²) in [6, 6.07) is 9.94. The highest BCUT2D eigenvalue weighted by Crippen LogP contribution is 2.31. The second kappa shape index (κ2) is 11.0. The number of furan rings is 1. The van der Waals surface area contributed by atoms with Crippen LogP contribution in [-0.4, -0.2) is 47.5 Å². The Morgan fingerprint density at radius 3 is 2.71 bits per heavy atom. The topological polar surface area (TPSA) is 121 Å². The minimum atomic E-state index is -0.740. The number of aliphatic hydroxyl groups excluding tert-OH is 1. The number of esters is 1. The van der Waals surface area contributed by atoms with Crippen LogP contribution in [0.15, 0.2) is 51.5 Å². The van der Waals surface area contributed by atoms with Gasteiger partial charge in [0.05, 0.1) is 30.3 Å². The van der Waals surface area contributed by atoms with E-state index < -0.39 is 24.4 Å². The molecule has 0 unspecified atom stereocenters. The molecule has 0 radical (unpaired) electrons. The van der Waals surface area contributed by atoms with Crippen LogP contribution < -0.4 is 0 Å². The molecule has 9 heteroatoms. The van der Waals surface area contributed by atoms with E-state index in [2.05, 4.69) is 0 Å². The van der Waals surface area contributed by atoms with Crippen molar-refractivity contribution in [3.63, 3.8) is 0 Å². The second-order valence-corrected chi connectivity index (χ2v) is 7.95. The van der Waals surface area contributed by atoms with Gasteiger partial charge in [0.2, 0.25) is 0 Å². The minimum absolute atomic E-state index is 0.113. The van der Waals surface area contributed by atoms with Crippen molar-refractivity contribution in [3.8, 4) is 17.4 Å². The molecule has 1 N–H and O–H groups in total. The van der Waals surface area contributed by atoms with Gasteiger partial charge in [-0.1, -0.05) is 24.9 Å². The Bertz CT molecular complexity index is 1230. The lowest BCUT2D eigenvalue weighted by atomic mass is 9.95. The number of β-amino-alcohol motifs (C(OH)–C–C–N with tert-alkyl or cyclic N) is 1. The summed E-state index contributed by atoms with van der Waals surface area (Å²) in [6.07, 6.45) is 3.08. The van der Waals surface area contributed by atoms with Gasteiger partial charge < -0.3 is 14.3 Å². The van der Waals surface area contributed by atoms with Gasteiger partial charge in [0.25, 0.3) is 11.8 Å². The molecule has 0 saturated heterocycles. The lowest BCUT2D eigenvalue weighted by Crippen LogP contribution is -2.44. The van der Waals surface area contributed by atoms with E-state index in [1.807, 2.05) is 13.0 Å². The van der Waals surface area contributed by atoms with E-state index >= 15 is 0 Å². The highest BCUT2D eigenvalue weighted by Gasteiger charge is 2.35. The van der Waals surface area contributed by atoms with Gasteiger partial charge in [-0.25, -0.2) is 4.79 Å². The van der Waals surface area contributed by atoms with Crippen molar-refractivity contribution in [2.24, 2.45) is 0 Å². The smallest absolute Gasteiger partial charge is 0.339 e. The summed E-state index contributed by atoms with van der Waals surface area (Å²) in [5.74, 6) is -1.18. The van der Waals surface area contributed by atoms with Crippen molar-refractivity contribution in [3.05, 3.63) is 63.4 Å². The molecule has 2 heterocycles. The van der Waals surface area contributed by atoms with Gasteiger partial charge in [0.15, 0.2) is 0 Å². The molecule has 2 aromatic rings. The van der Waals surface area contributed by atoms with E-state index in [0.717, 1.165) is 17.7 Å². The number of benzene rings is 1. The number of nitriles is 1. The Hall–Kier alpha value is -3.67. The quantitative estimate of drug-likeness (QED) is 0.260. The highest BCUT2D eigenvalue weighted by atomic mass is 35.5. The Kier molecular flexibility index (Phi) is 8.05. The Labute approximate surface area is 201 Å². The molecular weight excluding hydrogens is 460 g/mol. The molecule has 176 valence electrons. The third-order valence-corrected chi connectivity index (χ3v) is 5.59. The molecule has 34 heavy (non-hydrogen) atoms. The van der Waals surface area contributed by atoms with Crippen LogP contribution in [0, 0.1) is 11.3 Å². The van der Waals surface area contributed by atoms with E-state index in [0.29, 0.717) is 23.7 Å². The molecule has 1 aromatic heterocycles. The van der Waals surface area contributed by atoms with E-state index in [1.165, 1.54) is 13.0 Å². The van der Waals surface area contributed by atoms with Crippen LogP contribution in [-0.2, 0) is 14.3 Å². The van der Waals surface area contributed by atoms with Crippen molar-refractivity contribution < 1.29 is 28.6 Å². The van der Waals surface area contributed by atoms with Crippen LogP contribution in [0.4, 0.5) is 0 Å². The van der Waals surface area contributed by atoms with Gasteiger partial charge in [-0.2, -0.15) is 5.26 Å². The summed E-state index contributed by atoms with van der Waals surface area (Å²) < 4.78 is 11.1. The molecule has 0 saturated carbocycles. The fraction of sp³-hybridized carbons (Fsp3) is 0.280. The highest BCUT2D eigenvalue weighted by molar-refractivity contribution is 6.33. The molecule has 1 aromatic carbocycles. The van der Waals surface area contributed by atoms with Gasteiger partial charge in [-0.15, -0.1) is 0 Å². The zero-order chi connectivity index (χ0) is 24.8. The lowest BCUT2D eigenvalue weighted by molar-refractivity contribution is -0.141. The predicted octanol–water partition coefficient (Wildman–Crippen LogP) is 4.14. The molecule has 0 fully saturated rings. The number of imide groups is 1. The van der Waals surface area contributed by atoms with Crippen LogP contribution >= 0.6 is 11.6 Å². The SMILES string of the molecule is CCCCOC(=O)c1cc(-c2ccc(/C=C3/C(=O)N(CCO)C(=O)C(C#N)=C3C)o2)ccc1Cl. The van der Waals surface area contributed by atoms with E-state index in [9.17, 15) is 24.8 Å². The molecular formula is C25H23ClN2O6. The Morgan fingerprint density at radius 2 is 2.03 bits per heavy atom. The molecule has 0 bridgehead atoms. The van der Waals surface area contributed by atoms with Gasteiger partial charge in [-0.05, 0) is 55.3 Å². The number of amides is 2. The number of rotatable bonds is 8. The fourth-order valence-corrected chi connectivity index (χ4v) is 3.58. The van der Waals surface area contributed by atoms with Gasteiger partial charge >= 0.3 is 5.97 Å². The number of halogens is 1. The first-order valence-electron chi connectivity index (χ1n) is 10.7. The third kappa shape index (κ3) is 5.11. The van der Waals surface area contributed by atoms with Crippen molar-refractivity contribution in [2.45, 2.75) is 26.7 Å². The summed E-state index contributed by atoms with van der Waals surface area (Å²) in [5, 5.41) is 18.8. The molecule has 0 atom stereocenters. The van der Waals surface area contributed by atoms with Crippen LogP contribution in [0.5, 0.6) is 0 Å². The van der Waals surface area contributed by atoms with Crippen LogP contribution in [0.3, 0.4) is 0 Å². The van der Waals surface area contributed by atoms with Crippen LogP contribution in [0.2, 0.25) is 5.02 Å². The van der Waals surface area contributed by atoms with Crippen molar-refractivity contribution >= 4 is 35.5 Å². The maximum atomic E-state index is 12.8. The predicted molar refractivity (Wildman–Crippen MR) is 124 cm³/mol. The van der Waals surface area contributed by atoms with Gasteiger partial charge in [0, 0.05) is 11.1 Å². The minimum Gasteiger partial charge on any atom is -0.462 e. The first-order valence-corrected chi connectivity index (χ1v) is 11.1. The molecule has 1 aliphatic heterocycles. The number of hydrogen-bond donors (Lipinski definition) is 1. The standard InChI is InChI=1S/C25H23ClN2O6/c1-3-4-11-33-25(32)19-12-16(5-7-21(19)26)22-8-6-17(34-22)13-18-15(2)20(14-27)24(31)28(9-10-29)23(18)30/h5-8,12-13,29H,3-4,9-11H2,1-2H3/b18-13+. The van der Waals surface area contributed by atoms with Crippen LogP contribution in [0.25, 0.3) is 17.4 Å². The third-order valence-electron chi connectivity index (χ3n) is 5.26. The molecule has 0 aliphatic carbocycles. The summed E-state index contributed by atoms with van der Waals surface area (Å²) in [5.41, 5.74) is 0.961. The Balaban J connectivity index is 1.94. The lowest BCUT2D eigenvalue weighted by Gasteiger charge is -2.26. The molecule has 1 aliphatic rings. The number of carbonyl (C=O) groups is 3. The average Bonchev–Trinajstić information content (AvgIpc) is 3.29. The van der Waals surface area contributed by atoms with E-state index in [4.69, 9.17) is 20.8 Å². The normalized spacial score (nSPS) is 15.1. The number of ether oxygens (including phenoxy) is 1. The first kappa shape index (κ1) is 25.0. The Morgan fingerprint density at radius 1 is 1.26 bits per heavy atom. The van der Waals surface area contributed by atoms with E-state index in [-0.39, 0.29) is 33.9 Å². The van der Waals surface area contributed by atoms with Crippen molar-refractivity contribution in [2.75, 3.05) is 19.8 Å². The number of unbranched alkanes of at least 4 members (excludes halogenated alkanes) is 1. The van der Waals surface area contributed by atoms with Crippen molar-refractivity contribution in [1.82, 2.24) is 4.90 Å². The monoisotopic (exact) mass is 482 g/mol. The molecule has 8 nitrogen and oxygen atoms in total. The fourth-order valence-electron chi connectivity index (χ4n) is 3.38. The summed E-state index contributed by atoms with van der Waals surface area (Å²) in [4.78, 5) is 38.4. The maximum absolute atomic E-state index is 12.8. The van der Waals surface area contributed by atoms with Gasteiger partial charge in [0.1, 0.15) is 23.2 Å².